The first-order chi connectivity index (χ1) is 22.4. The predicted molar refractivity (Wildman–Crippen MR) is 177 cm³/mol. The summed E-state index contributed by atoms with van der Waals surface area (Å²) in [6.07, 6.45) is -0.780. The summed E-state index contributed by atoms with van der Waals surface area (Å²) in [5, 5.41) is 26.8. The highest BCUT2D eigenvalue weighted by Gasteiger charge is 2.28. The van der Waals surface area contributed by atoms with E-state index < -0.39 is 35.8 Å². The number of aliphatic hydroxyl groups excluding tert-OH is 2. The van der Waals surface area contributed by atoms with Crippen LogP contribution in [0.3, 0.4) is 0 Å². The summed E-state index contributed by atoms with van der Waals surface area (Å²) < 4.78 is 29.5. The van der Waals surface area contributed by atoms with Crippen LogP contribution < -0.4 is 10.6 Å². The van der Waals surface area contributed by atoms with Crippen molar-refractivity contribution in [1.29, 1.82) is 0 Å². The molecule has 11 heteroatoms. The van der Waals surface area contributed by atoms with Gasteiger partial charge in [-0.05, 0) is 86.7 Å². The highest BCUT2D eigenvalue weighted by molar-refractivity contribution is 6.00. The molecule has 0 fully saturated rings. The lowest BCUT2D eigenvalue weighted by Crippen LogP contribution is -2.52. The lowest BCUT2D eigenvalue weighted by atomic mass is 10.0. The maximum Gasteiger partial charge on any atom is 0.253 e. The van der Waals surface area contributed by atoms with Crippen molar-refractivity contribution in [3.05, 3.63) is 106 Å². The zero-order valence-corrected chi connectivity index (χ0v) is 27.8. The molecule has 9 nitrogen and oxygen atoms in total. The molecule has 0 aliphatic carbocycles. The van der Waals surface area contributed by atoms with Crippen molar-refractivity contribution in [1.82, 2.24) is 15.5 Å². The molecule has 0 radical (unpaired) electrons. The van der Waals surface area contributed by atoms with Gasteiger partial charge in [0, 0.05) is 56.1 Å². The van der Waals surface area contributed by atoms with Gasteiger partial charge >= 0.3 is 0 Å². The number of hydrogen-bond acceptors (Lipinski definition) is 6. The van der Waals surface area contributed by atoms with Crippen molar-refractivity contribution < 1.29 is 38.1 Å². The zero-order chi connectivity index (χ0) is 34.9. The largest absolute Gasteiger partial charge is 0.388 e. The number of nitrogens with one attached hydrogen (secondary N) is 2. The van der Waals surface area contributed by atoms with E-state index in [1.54, 1.807) is 60.4 Å². The Morgan fingerprint density at radius 2 is 1.38 bits per heavy atom. The summed E-state index contributed by atoms with van der Waals surface area (Å²) in [7, 11) is 1.50. The normalized spacial score (nSPS) is 12.6. The Bertz CT molecular complexity index is 1380. The molecule has 0 aliphatic rings. The minimum Gasteiger partial charge on any atom is -0.388 e. The van der Waals surface area contributed by atoms with Crippen LogP contribution in [0.4, 0.5) is 8.78 Å². The van der Waals surface area contributed by atoms with Gasteiger partial charge in [0.25, 0.3) is 17.7 Å². The molecule has 0 heterocycles. The predicted octanol–water partition coefficient (Wildman–Crippen LogP) is 4.82. The molecule has 3 rings (SSSR count). The van der Waals surface area contributed by atoms with Crippen LogP contribution in [0.25, 0.3) is 0 Å². The van der Waals surface area contributed by atoms with Gasteiger partial charge < -0.3 is 30.5 Å². The van der Waals surface area contributed by atoms with Crippen LogP contribution >= 0.6 is 0 Å². The second-order valence-electron chi connectivity index (χ2n) is 11.3. The fraction of sp³-hybridized carbons (Fsp3) is 0.417. The van der Waals surface area contributed by atoms with Gasteiger partial charge in [-0.1, -0.05) is 32.0 Å². The average molecular weight is 656 g/mol. The van der Waals surface area contributed by atoms with Gasteiger partial charge in [-0.15, -0.1) is 0 Å². The molecular weight excluding hydrogens is 608 g/mol. The first-order valence-electron chi connectivity index (χ1n) is 15.7. The fourth-order valence-electron chi connectivity index (χ4n) is 4.87. The number of halogens is 2. The number of carbonyl (C=O) groups is 3. The van der Waals surface area contributed by atoms with E-state index in [9.17, 15) is 33.4 Å². The van der Waals surface area contributed by atoms with Crippen molar-refractivity contribution in [3.8, 4) is 0 Å². The third kappa shape index (κ3) is 13.2. The zero-order valence-electron chi connectivity index (χ0n) is 27.8. The molecule has 0 aliphatic heterocycles. The van der Waals surface area contributed by atoms with E-state index in [2.05, 4.69) is 10.6 Å². The maximum absolute atomic E-state index is 13.0. The quantitative estimate of drug-likeness (QED) is 0.186. The van der Waals surface area contributed by atoms with Crippen LogP contribution in [0, 0.1) is 25.5 Å². The van der Waals surface area contributed by atoms with Crippen molar-refractivity contribution in [3.63, 3.8) is 0 Å². The van der Waals surface area contributed by atoms with Crippen molar-refractivity contribution in [2.45, 2.75) is 65.2 Å². The second-order valence-corrected chi connectivity index (χ2v) is 11.3. The van der Waals surface area contributed by atoms with E-state index in [-0.39, 0.29) is 37.0 Å². The van der Waals surface area contributed by atoms with Crippen molar-refractivity contribution in [2.75, 3.05) is 33.4 Å². The first kappa shape index (κ1) is 39.0. The van der Waals surface area contributed by atoms with E-state index in [0.717, 1.165) is 24.5 Å². The van der Waals surface area contributed by atoms with Crippen molar-refractivity contribution in [2.24, 2.45) is 0 Å². The average Bonchev–Trinajstić information content (AvgIpc) is 3.04. The number of aliphatic hydroxyl groups is 2. The second kappa shape index (κ2) is 20.1. The smallest absolute Gasteiger partial charge is 0.253 e. The summed E-state index contributed by atoms with van der Waals surface area (Å²) >= 11 is 0. The van der Waals surface area contributed by atoms with Gasteiger partial charge in [0.05, 0.1) is 12.1 Å². The Morgan fingerprint density at radius 1 is 0.809 bits per heavy atom. The van der Waals surface area contributed by atoms with E-state index in [0.29, 0.717) is 29.8 Å². The molecule has 3 atom stereocenters. The lowest BCUT2D eigenvalue weighted by molar-refractivity contribution is -0.00800. The third-order valence-corrected chi connectivity index (χ3v) is 7.13. The minimum atomic E-state index is -1.36. The Morgan fingerprint density at radius 3 is 1.94 bits per heavy atom. The van der Waals surface area contributed by atoms with E-state index in [1.807, 2.05) is 20.8 Å². The van der Waals surface area contributed by atoms with Gasteiger partial charge in [-0.3, -0.25) is 14.4 Å². The Hall–Kier alpha value is -4.19. The van der Waals surface area contributed by atoms with Crippen LogP contribution in [-0.4, -0.2) is 84.4 Å². The molecule has 3 aromatic rings. The summed E-state index contributed by atoms with van der Waals surface area (Å²) in [6.45, 7) is 8.75. The van der Waals surface area contributed by atoms with Gasteiger partial charge in [0.2, 0.25) is 0 Å². The Kier molecular flexibility index (Phi) is 16.7. The highest BCUT2D eigenvalue weighted by atomic mass is 19.1. The number of ether oxygens (including phenoxy) is 1. The number of rotatable bonds is 15. The molecule has 47 heavy (non-hydrogen) atoms. The van der Waals surface area contributed by atoms with Gasteiger partial charge in [-0.2, -0.15) is 0 Å². The molecule has 0 aromatic heterocycles. The number of amides is 3. The number of carbonyl (C=O) groups excluding carboxylic acids is 3. The van der Waals surface area contributed by atoms with E-state index in [4.69, 9.17) is 4.74 Å². The SMILES string of the molecule is CCCN(CCC)C(=O)c1cc(C)cc(C(=O)NCC(O)C(O)C(CCOC)NC(=O)c2ccccc2)c1.Cc1cc(F)cc(F)c1. The molecule has 3 aromatic carbocycles. The molecule has 0 saturated heterocycles. The third-order valence-electron chi connectivity index (χ3n) is 7.13. The molecule has 256 valence electrons. The summed E-state index contributed by atoms with van der Waals surface area (Å²) in [5.41, 5.74) is 2.51. The van der Waals surface area contributed by atoms with Crippen molar-refractivity contribution >= 4 is 17.7 Å². The standard InChI is InChI=1S/C29H41N3O6.C7H6F2/c1-5-13-32(14-6-2)29(37)23-17-20(3)16-22(18-23)27(35)30-19-25(33)26(34)24(12-15-38-4)31-28(36)21-10-8-7-9-11-21;1-5-2-6(8)4-7(9)3-5/h7-11,16-18,24-26,33-34H,5-6,12-15,19H2,1-4H3,(H,30,35)(H,31,36);2-4H,1H3. The van der Waals surface area contributed by atoms with Crippen LogP contribution in [0.5, 0.6) is 0 Å². The molecule has 3 amide bonds. The van der Waals surface area contributed by atoms with Crippen LogP contribution in [-0.2, 0) is 4.74 Å². The Labute approximate surface area is 275 Å². The molecule has 0 saturated carbocycles. The molecular formula is C36H47F2N3O6. The lowest BCUT2D eigenvalue weighted by Gasteiger charge is -2.28. The van der Waals surface area contributed by atoms with Gasteiger partial charge in [0.15, 0.2) is 0 Å². The minimum absolute atomic E-state index is 0.128. The summed E-state index contributed by atoms with van der Waals surface area (Å²) in [5.74, 6) is -2.04. The van der Waals surface area contributed by atoms with E-state index in [1.165, 1.54) is 19.2 Å². The topological polar surface area (TPSA) is 128 Å². The number of aryl methyl sites for hydroxylation is 2. The van der Waals surface area contributed by atoms with E-state index >= 15 is 0 Å². The van der Waals surface area contributed by atoms with Gasteiger partial charge in [-0.25, -0.2) is 8.78 Å². The highest BCUT2D eigenvalue weighted by Crippen LogP contribution is 2.14. The summed E-state index contributed by atoms with van der Waals surface area (Å²) in [4.78, 5) is 40.3. The van der Waals surface area contributed by atoms with Crippen LogP contribution in [0.1, 0.15) is 75.3 Å². The molecule has 0 spiro atoms. The first-order valence-corrected chi connectivity index (χ1v) is 15.7. The fourth-order valence-corrected chi connectivity index (χ4v) is 4.87. The number of benzene rings is 3. The Balaban J connectivity index is 0.000000731. The van der Waals surface area contributed by atoms with Crippen LogP contribution in [0.15, 0.2) is 66.7 Å². The monoisotopic (exact) mass is 655 g/mol. The number of hydrogen-bond donors (Lipinski definition) is 4. The maximum atomic E-state index is 13.0. The van der Waals surface area contributed by atoms with Crippen LogP contribution in [0.2, 0.25) is 0 Å². The van der Waals surface area contributed by atoms with Gasteiger partial charge in [0.1, 0.15) is 17.7 Å². The number of nitrogens with zero attached hydrogens (tertiary/aromatic N) is 1. The molecule has 0 bridgehead atoms. The summed E-state index contributed by atoms with van der Waals surface area (Å²) in [6, 6.07) is 16.1. The molecule has 3 unspecified atom stereocenters. The number of methoxy groups -OCH3 is 1. The molecule has 4 N–H and O–H groups in total.